The highest BCUT2D eigenvalue weighted by molar-refractivity contribution is 5.94. The van der Waals surface area contributed by atoms with Gasteiger partial charge in [0.25, 0.3) is 5.91 Å². The van der Waals surface area contributed by atoms with Crippen molar-refractivity contribution >= 4 is 5.91 Å². The van der Waals surface area contributed by atoms with Crippen LogP contribution in [0.2, 0.25) is 0 Å². The number of aryl methyl sites for hydroxylation is 1. The molecule has 0 saturated carbocycles. The number of halogens is 2. The lowest BCUT2D eigenvalue weighted by Crippen LogP contribution is -2.37. The van der Waals surface area contributed by atoms with E-state index in [1.807, 2.05) is 44.2 Å². The minimum Gasteiger partial charge on any atom is -0.436 e. The first kappa shape index (κ1) is 23.2. The average Bonchev–Trinajstić information content (AvgIpc) is 3.14. The van der Waals surface area contributed by atoms with Gasteiger partial charge in [-0.3, -0.25) is 4.79 Å². The lowest BCUT2D eigenvalue weighted by Gasteiger charge is -2.27. The molecule has 5 nitrogen and oxygen atoms in total. The van der Waals surface area contributed by atoms with Gasteiger partial charge in [0, 0.05) is 18.7 Å². The third-order valence-electron chi connectivity index (χ3n) is 5.50. The van der Waals surface area contributed by atoms with E-state index in [1.54, 1.807) is 36.2 Å². The zero-order chi connectivity index (χ0) is 24.2. The van der Waals surface area contributed by atoms with Gasteiger partial charge in [-0.15, -0.1) is 0 Å². The number of ether oxygens (including phenoxy) is 1. The molecule has 0 unspecified atom stereocenters. The summed E-state index contributed by atoms with van der Waals surface area (Å²) < 4.78 is 36.3. The van der Waals surface area contributed by atoms with Crippen molar-refractivity contribution in [3.05, 3.63) is 102 Å². The van der Waals surface area contributed by atoms with Crippen LogP contribution < -0.4 is 4.74 Å². The molecule has 3 aromatic carbocycles. The Bertz CT molecular complexity index is 1300. The number of benzene rings is 3. The fourth-order valence-corrected chi connectivity index (χ4v) is 3.73. The van der Waals surface area contributed by atoms with Crippen molar-refractivity contribution < 1.29 is 18.3 Å². The van der Waals surface area contributed by atoms with Crippen molar-refractivity contribution in [2.24, 2.45) is 7.05 Å². The minimum atomic E-state index is -0.588. The zero-order valence-electron chi connectivity index (χ0n) is 19.2. The molecule has 0 fully saturated rings. The maximum absolute atomic E-state index is 14.4. The first-order valence-corrected chi connectivity index (χ1v) is 11.0. The SMILES string of the molecule is CC(C)N(Cc1c(-c2ccccc2)nn(C)c1Oc1ccccc1F)C(=O)c1ccccc1F. The molecule has 34 heavy (non-hydrogen) atoms. The summed E-state index contributed by atoms with van der Waals surface area (Å²) in [5.41, 5.74) is 1.99. The highest BCUT2D eigenvalue weighted by Gasteiger charge is 2.28. The highest BCUT2D eigenvalue weighted by Crippen LogP contribution is 2.35. The lowest BCUT2D eigenvalue weighted by atomic mass is 10.1. The standard InChI is InChI=1S/C27H25F2N3O2/c1-18(2)32(26(33)20-13-7-8-14-22(20)28)17-21-25(19-11-5-4-6-12-19)30-31(3)27(21)34-24-16-10-9-15-23(24)29/h4-16,18H,17H2,1-3H3. The Kier molecular flexibility index (Phi) is 6.72. The normalized spacial score (nSPS) is 11.0. The molecule has 7 heteroatoms. The first-order valence-electron chi connectivity index (χ1n) is 11.0. The molecule has 1 amide bonds. The van der Waals surface area contributed by atoms with Crippen molar-refractivity contribution in [3.63, 3.8) is 0 Å². The van der Waals surface area contributed by atoms with Crippen LogP contribution in [-0.2, 0) is 13.6 Å². The van der Waals surface area contributed by atoms with Crippen LogP contribution in [-0.4, -0.2) is 26.6 Å². The van der Waals surface area contributed by atoms with E-state index in [-0.39, 0.29) is 23.9 Å². The molecule has 0 aliphatic heterocycles. The number of carbonyl (C=O) groups excluding carboxylic acids is 1. The van der Waals surface area contributed by atoms with Gasteiger partial charge in [-0.25, -0.2) is 13.5 Å². The molecule has 174 valence electrons. The molecule has 0 bridgehead atoms. The molecule has 1 aromatic heterocycles. The number of amides is 1. The molecule has 4 aromatic rings. The van der Waals surface area contributed by atoms with Crippen LogP contribution in [0.25, 0.3) is 11.3 Å². The molecule has 0 N–H and O–H groups in total. The summed E-state index contributed by atoms with van der Waals surface area (Å²) in [6.45, 7) is 3.80. The van der Waals surface area contributed by atoms with Crippen molar-refractivity contribution in [3.8, 4) is 22.9 Å². The molecule has 0 aliphatic carbocycles. The first-order chi connectivity index (χ1) is 16.4. The van der Waals surface area contributed by atoms with Gasteiger partial charge < -0.3 is 9.64 Å². The molecule has 0 aliphatic rings. The summed E-state index contributed by atoms with van der Waals surface area (Å²) >= 11 is 0. The molecular formula is C27H25F2N3O2. The summed E-state index contributed by atoms with van der Waals surface area (Å²) in [6.07, 6.45) is 0. The number of para-hydroxylation sites is 1. The zero-order valence-corrected chi connectivity index (χ0v) is 19.2. The molecule has 0 spiro atoms. The van der Waals surface area contributed by atoms with Crippen molar-refractivity contribution in [1.82, 2.24) is 14.7 Å². The van der Waals surface area contributed by atoms with Gasteiger partial charge in [-0.2, -0.15) is 5.10 Å². The third kappa shape index (κ3) is 4.69. The minimum absolute atomic E-state index is 0.0158. The number of hydrogen-bond acceptors (Lipinski definition) is 3. The largest absolute Gasteiger partial charge is 0.436 e. The van der Waals surface area contributed by atoms with Gasteiger partial charge in [-0.1, -0.05) is 54.6 Å². The average molecular weight is 462 g/mol. The Morgan fingerprint density at radius 1 is 0.941 bits per heavy atom. The lowest BCUT2D eigenvalue weighted by molar-refractivity contribution is 0.0684. The van der Waals surface area contributed by atoms with Crippen molar-refractivity contribution in [2.75, 3.05) is 0 Å². The van der Waals surface area contributed by atoms with Crippen LogP contribution in [0.15, 0.2) is 78.9 Å². The van der Waals surface area contributed by atoms with Gasteiger partial charge in [0.2, 0.25) is 5.88 Å². The highest BCUT2D eigenvalue weighted by atomic mass is 19.1. The molecule has 4 rings (SSSR count). The number of hydrogen-bond donors (Lipinski definition) is 0. The van der Waals surface area contributed by atoms with Gasteiger partial charge in [0.15, 0.2) is 11.6 Å². The summed E-state index contributed by atoms with van der Waals surface area (Å²) in [6, 6.07) is 21.2. The predicted molar refractivity (Wildman–Crippen MR) is 127 cm³/mol. The van der Waals surface area contributed by atoms with E-state index in [0.29, 0.717) is 17.1 Å². The van der Waals surface area contributed by atoms with Crippen LogP contribution in [0.1, 0.15) is 29.8 Å². The molecule has 0 atom stereocenters. The van der Waals surface area contributed by atoms with E-state index in [2.05, 4.69) is 5.10 Å². The summed E-state index contributed by atoms with van der Waals surface area (Å²) in [4.78, 5) is 14.9. The summed E-state index contributed by atoms with van der Waals surface area (Å²) in [7, 11) is 1.70. The van der Waals surface area contributed by atoms with E-state index in [9.17, 15) is 13.6 Å². The quantitative estimate of drug-likeness (QED) is 0.329. The van der Waals surface area contributed by atoms with Crippen LogP contribution in [0.4, 0.5) is 8.78 Å². The maximum Gasteiger partial charge on any atom is 0.257 e. The maximum atomic E-state index is 14.4. The van der Waals surface area contributed by atoms with Gasteiger partial charge in [0.1, 0.15) is 11.5 Å². The molecular weight excluding hydrogens is 436 g/mol. The molecule has 1 heterocycles. The number of aromatic nitrogens is 2. The van der Waals surface area contributed by atoms with Gasteiger partial charge in [-0.05, 0) is 38.1 Å². The number of rotatable bonds is 7. The van der Waals surface area contributed by atoms with E-state index < -0.39 is 17.5 Å². The second-order valence-corrected chi connectivity index (χ2v) is 8.16. The van der Waals surface area contributed by atoms with Crippen molar-refractivity contribution in [2.45, 2.75) is 26.4 Å². The van der Waals surface area contributed by atoms with E-state index in [0.717, 1.165) is 5.56 Å². The second kappa shape index (κ2) is 9.87. The number of carbonyl (C=O) groups is 1. The van der Waals surface area contributed by atoms with Crippen LogP contribution in [0.5, 0.6) is 11.6 Å². The fraction of sp³-hybridized carbons (Fsp3) is 0.185. The topological polar surface area (TPSA) is 47.4 Å². The molecule has 0 saturated heterocycles. The van der Waals surface area contributed by atoms with Crippen LogP contribution >= 0.6 is 0 Å². The second-order valence-electron chi connectivity index (χ2n) is 8.16. The monoisotopic (exact) mass is 461 g/mol. The Labute approximate surface area is 197 Å². The van der Waals surface area contributed by atoms with Crippen LogP contribution in [0.3, 0.4) is 0 Å². The van der Waals surface area contributed by atoms with Gasteiger partial charge in [0.05, 0.1) is 17.7 Å². The van der Waals surface area contributed by atoms with E-state index >= 15 is 0 Å². The van der Waals surface area contributed by atoms with Crippen molar-refractivity contribution in [1.29, 1.82) is 0 Å². The summed E-state index contributed by atoms with van der Waals surface area (Å²) in [5, 5.41) is 4.63. The Balaban J connectivity index is 1.81. The smallest absolute Gasteiger partial charge is 0.257 e. The van der Waals surface area contributed by atoms with E-state index in [4.69, 9.17) is 4.74 Å². The predicted octanol–water partition coefficient (Wildman–Crippen LogP) is 6.21. The fourth-order valence-electron chi connectivity index (χ4n) is 3.73. The third-order valence-corrected chi connectivity index (χ3v) is 5.50. The van der Waals surface area contributed by atoms with E-state index in [1.165, 1.54) is 28.9 Å². The Hall–Kier alpha value is -4.00. The number of nitrogens with zero attached hydrogens (tertiary/aromatic N) is 3. The van der Waals surface area contributed by atoms with Crippen LogP contribution in [0, 0.1) is 11.6 Å². The Morgan fingerprint density at radius 2 is 1.56 bits per heavy atom. The Morgan fingerprint density at radius 3 is 2.21 bits per heavy atom. The summed E-state index contributed by atoms with van der Waals surface area (Å²) in [5.74, 6) is -1.21. The molecule has 0 radical (unpaired) electrons. The van der Waals surface area contributed by atoms with Gasteiger partial charge >= 0.3 is 0 Å².